The van der Waals surface area contributed by atoms with E-state index in [9.17, 15) is 8.78 Å². The standard InChI is InChI=1S/C11H14F2N2O2/c1-2-9(6-11(14)15-16)17-10-4-7(12)3-8(13)5-10/h3-5,9,16H,2,6H2,1H3,(H2,14,15). The van der Waals surface area contributed by atoms with Crippen LogP contribution in [0.3, 0.4) is 0 Å². The van der Waals surface area contributed by atoms with Crippen molar-refractivity contribution in [2.24, 2.45) is 10.9 Å². The van der Waals surface area contributed by atoms with Crippen LogP contribution in [0.25, 0.3) is 0 Å². The van der Waals surface area contributed by atoms with Gasteiger partial charge in [-0.3, -0.25) is 0 Å². The second-order valence-electron chi connectivity index (χ2n) is 3.55. The first kappa shape index (κ1) is 13.2. The molecule has 0 aromatic heterocycles. The van der Waals surface area contributed by atoms with Crippen molar-refractivity contribution in [1.29, 1.82) is 0 Å². The molecular formula is C11H14F2N2O2. The number of oxime groups is 1. The van der Waals surface area contributed by atoms with Crippen molar-refractivity contribution in [3.05, 3.63) is 29.8 Å². The maximum atomic E-state index is 12.9. The Bertz CT molecular complexity index is 390. The molecule has 0 fully saturated rings. The van der Waals surface area contributed by atoms with Gasteiger partial charge in [-0.1, -0.05) is 12.1 Å². The molecule has 3 N–H and O–H groups in total. The summed E-state index contributed by atoms with van der Waals surface area (Å²) in [5.74, 6) is -1.33. The monoisotopic (exact) mass is 244 g/mol. The van der Waals surface area contributed by atoms with Crippen LogP contribution in [0.2, 0.25) is 0 Å². The fourth-order valence-electron chi connectivity index (χ4n) is 1.33. The van der Waals surface area contributed by atoms with Crippen LogP contribution in [-0.2, 0) is 0 Å². The first-order valence-electron chi connectivity index (χ1n) is 5.14. The number of rotatable bonds is 5. The largest absolute Gasteiger partial charge is 0.490 e. The van der Waals surface area contributed by atoms with E-state index in [1.54, 1.807) is 0 Å². The Labute approximate surface area is 97.7 Å². The van der Waals surface area contributed by atoms with E-state index < -0.39 is 17.7 Å². The summed E-state index contributed by atoms with van der Waals surface area (Å²) in [5.41, 5.74) is 5.33. The molecule has 1 atom stereocenters. The Hall–Kier alpha value is -1.85. The minimum absolute atomic E-state index is 0.00808. The predicted molar refractivity (Wildman–Crippen MR) is 59.1 cm³/mol. The van der Waals surface area contributed by atoms with Crippen LogP contribution in [0.5, 0.6) is 5.75 Å². The molecule has 6 heteroatoms. The average molecular weight is 244 g/mol. The van der Waals surface area contributed by atoms with E-state index in [0.29, 0.717) is 6.42 Å². The molecule has 0 amide bonds. The molecule has 0 saturated carbocycles. The SMILES string of the molecule is CCC(CC(N)=NO)Oc1cc(F)cc(F)c1. The molecule has 0 aliphatic heterocycles. The number of amidine groups is 1. The maximum absolute atomic E-state index is 12.9. The van der Waals surface area contributed by atoms with E-state index in [4.69, 9.17) is 15.7 Å². The highest BCUT2D eigenvalue weighted by atomic mass is 19.1. The fourth-order valence-corrected chi connectivity index (χ4v) is 1.33. The molecule has 0 saturated heterocycles. The highest BCUT2D eigenvalue weighted by Gasteiger charge is 2.12. The fraction of sp³-hybridized carbons (Fsp3) is 0.364. The van der Waals surface area contributed by atoms with Gasteiger partial charge in [-0.25, -0.2) is 8.78 Å². The molecule has 94 valence electrons. The highest BCUT2D eigenvalue weighted by molar-refractivity contribution is 5.80. The third kappa shape index (κ3) is 4.26. The molecule has 0 aliphatic rings. The number of halogens is 2. The zero-order chi connectivity index (χ0) is 12.8. The van der Waals surface area contributed by atoms with E-state index in [2.05, 4.69) is 5.16 Å². The van der Waals surface area contributed by atoms with Crippen molar-refractivity contribution in [2.75, 3.05) is 0 Å². The lowest BCUT2D eigenvalue weighted by Crippen LogP contribution is -2.24. The van der Waals surface area contributed by atoms with Crippen LogP contribution in [0, 0.1) is 11.6 Å². The first-order valence-corrected chi connectivity index (χ1v) is 5.14. The Kier molecular flexibility index (Phi) is 4.68. The van der Waals surface area contributed by atoms with E-state index in [1.807, 2.05) is 6.92 Å². The lowest BCUT2D eigenvalue weighted by atomic mass is 10.2. The van der Waals surface area contributed by atoms with Crippen LogP contribution in [-0.4, -0.2) is 17.1 Å². The number of hydrogen-bond acceptors (Lipinski definition) is 3. The summed E-state index contributed by atoms with van der Waals surface area (Å²) in [5, 5.41) is 11.2. The topological polar surface area (TPSA) is 67.8 Å². The van der Waals surface area contributed by atoms with E-state index in [0.717, 1.165) is 18.2 Å². The van der Waals surface area contributed by atoms with Crippen molar-refractivity contribution in [1.82, 2.24) is 0 Å². The van der Waals surface area contributed by atoms with Crippen molar-refractivity contribution in [3.63, 3.8) is 0 Å². The number of ether oxygens (including phenoxy) is 1. The van der Waals surface area contributed by atoms with E-state index >= 15 is 0 Å². The summed E-state index contributed by atoms with van der Waals surface area (Å²) < 4.78 is 31.2. The van der Waals surface area contributed by atoms with Gasteiger partial charge in [0.05, 0.1) is 0 Å². The molecule has 0 heterocycles. The summed E-state index contributed by atoms with van der Waals surface area (Å²) in [4.78, 5) is 0. The number of benzene rings is 1. The number of nitrogens with zero attached hydrogens (tertiary/aromatic N) is 1. The van der Waals surface area contributed by atoms with Crippen molar-refractivity contribution in [3.8, 4) is 5.75 Å². The van der Waals surface area contributed by atoms with Crippen molar-refractivity contribution < 1.29 is 18.7 Å². The van der Waals surface area contributed by atoms with E-state index in [-0.39, 0.29) is 18.0 Å². The molecule has 4 nitrogen and oxygen atoms in total. The Balaban J connectivity index is 2.73. The Morgan fingerprint density at radius 2 is 2.00 bits per heavy atom. The Morgan fingerprint density at radius 1 is 1.41 bits per heavy atom. The van der Waals surface area contributed by atoms with Gasteiger partial charge in [0.25, 0.3) is 0 Å². The van der Waals surface area contributed by atoms with Gasteiger partial charge in [0.1, 0.15) is 29.3 Å². The molecule has 1 rings (SSSR count). The van der Waals surface area contributed by atoms with Gasteiger partial charge in [-0.05, 0) is 6.42 Å². The van der Waals surface area contributed by atoms with Gasteiger partial charge in [0.15, 0.2) is 0 Å². The third-order valence-electron chi connectivity index (χ3n) is 2.16. The van der Waals surface area contributed by atoms with Gasteiger partial charge in [0.2, 0.25) is 0 Å². The lowest BCUT2D eigenvalue weighted by molar-refractivity contribution is 0.201. The third-order valence-corrected chi connectivity index (χ3v) is 2.16. The summed E-state index contributed by atoms with van der Waals surface area (Å²) in [7, 11) is 0. The normalized spacial score (nSPS) is 13.5. The van der Waals surface area contributed by atoms with Crippen LogP contribution >= 0.6 is 0 Å². The van der Waals surface area contributed by atoms with Crippen molar-refractivity contribution in [2.45, 2.75) is 25.9 Å². The summed E-state index contributed by atoms with van der Waals surface area (Å²) in [6, 6.07) is 2.92. The lowest BCUT2D eigenvalue weighted by Gasteiger charge is -2.16. The molecular weight excluding hydrogens is 230 g/mol. The summed E-state index contributed by atoms with van der Waals surface area (Å²) in [6.07, 6.45) is 0.353. The van der Waals surface area contributed by atoms with Crippen LogP contribution in [0.15, 0.2) is 23.4 Å². The number of nitrogens with two attached hydrogens (primary N) is 1. The first-order chi connectivity index (χ1) is 8.05. The molecule has 0 aliphatic carbocycles. The molecule has 0 bridgehead atoms. The highest BCUT2D eigenvalue weighted by Crippen LogP contribution is 2.18. The zero-order valence-electron chi connectivity index (χ0n) is 9.36. The van der Waals surface area contributed by atoms with Crippen LogP contribution in [0.1, 0.15) is 19.8 Å². The van der Waals surface area contributed by atoms with Gasteiger partial charge < -0.3 is 15.7 Å². The molecule has 1 aromatic carbocycles. The quantitative estimate of drug-likeness (QED) is 0.361. The molecule has 0 radical (unpaired) electrons. The molecule has 17 heavy (non-hydrogen) atoms. The smallest absolute Gasteiger partial charge is 0.142 e. The van der Waals surface area contributed by atoms with E-state index in [1.165, 1.54) is 0 Å². The average Bonchev–Trinajstić information content (AvgIpc) is 2.26. The van der Waals surface area contributed by atoms with Gasteiger partial charge >= 0.3 is 0 Å². The van der Waals surface area contributed by atoms with Gasteiger partial charge in [-0.15, -0.1) is 0 Å². The van der Waals surface area contributed by atoms with Gasteiger partial charge in [-0.2, -0.15) is 0 Å². The van der Waals surface area contributed by atoms with Crippen molar-refractivity contribution >= 4 is 5.84 Å². The maximum Gasteiger partial charge on any atom is 0.142 e. The molecule has 1 unspecified atom stereocenters. The van der Waals surface area contributed by atoms with Crippen LogP contribution < -0.4 is 10.5 Å². The number of hydrogen-bond donors (Lipinski definition) is 2. The van der Waals surface area contributed by atoms with Crippen LogP contribution in [0.4, 0.5) is 8.78 Å². The molecule has 0 spiro atoms. The summed E-state index contributed by atoms with van der Waals surface area (Å²) in [6.45, 7) is 1.82. The second-order valence-corrected chi connectivity index (χ2v) is 3.55. The molecule has 1 aromatic rings. The minimum atomic E-state index is -0.710. The Morgan fingerprint density at radius 3 is 2.47 bits per heavy atom. The zero-order valence-corrected chi connectivity index (χ0v) is 9.36. The minimum Gasteiger partial charge on any atom is -0.490 e. The van der Waals surface area contributed by atoms with Gasteiger partial charge in [0, 0.05) is 24.6 Å². The summed E-state index contributed by atoms with van der Waals surface area (Å²) >= 11 is 0. The predicted octanol–water partition coefficient (Wildman–Crippen LogP) is 2.26. The second kappa shape index (κ2) is 6.03.